The first kappa shape index (κ1) is 12.9. The molecule has 0 spiro atoms. The maximum atomic E-state index is 12.1. The van der Waals surface area contributed by atoms with Crippen molar-refractivity contribution in [3.63, 3.8) is 0 Å². The first-order chi connectivity index (χ1) is 8.03. The lowest BCUT2D eigenvalue weighted by Gasteiger charge is -2.24. The Balaban J connectivity index is 2.23. The summed E-state index contributed by atoms with van der Waals surface area (Å²) in [6.07, 6.45) is 3.24. The monoisotopic (exact) mass is 318 g/mol. The number of sulfone groups is 1. The van der Waals surface area contributed by atoms with E-state index in [0.717, 1.165) is 19.3 Å². The molecule has 0 saturated heterocycles. The summed E-state index contributed by atoms with van der Waals surface area (Å²) < 4.78 is 30.0. The van der Waals surface area contributed by atoms with Crippen LogP contribution in [-0.4, -0.2) is 21.3 Å². The minimum atomic E-state index is -3.15. The Morgan fingerprint density at radius 1 is 1.41 bits per heavy atom. The van der Waals surface area contributed by atoms with Gasteiger partial charge in [-0.25, -0.2) is 8.42 Å². The minimum Gasteiger partial charge on any atom is -0.496 e. The number of rotatable bonds is 4. The molecule has 0 heterocycles. The molecule has 1 aliphatic carbocycles. The van der Waals surface area contributed by atoms with Crippen LogP contribution in [0, 0.1) is 5.92 Å². The zero-order valence-corrected chi connectivity index (χ0v) is 12.1. The summed E-state index contributed by atoms with van der Waals surface area (Å²) in [5, 5.41) is 0. The number of methoxy groups -OCH3 is 1. The molecule has 94 valence electrons. The van der Waals surface area contributed by atoms with E-state index in [1.165, 1.54) is 0 Å². The summed E-state index contributed by atoms with van der Waals surface area (Å²) in [6.45, 7) is 0. The van der Waals surface area contributed by atoms with E-state index >= 15 is 0 Å². The van der Waals surface area contributed by atoms with Crippen molar-refractivity contribution in [1.29, 1.82) is 0 Å². The smallest absolute Gasteiger partial charge is 0.178 e. The average Bonchev–Trinajstić information content (AvgIpc) is 2.23. The molecule has 1 aromatic carbocycles. The van der Waals surface area contributed by atoms with Crippen LogP contribution < -0.4 is 4.74 Å². The van der Waals surface area contributed by atoms with E-state index in [1.807, 2.05) is 0 Å². The van der Waals surface area contributed by atoms with Gasteiger partial charge in [-0.1, -0.05) is 6.42 Å². The Labute approximate surface area is 110 Å². The molecule has 2 rings (SSSR count). The van der Waals surface area contributed by atoms with E-state index in [1.54, 1.807) is 25.3 Å². The van der Waals surface area contributed by atoms with Crippen molar-refractivity contribution in [3.05, 3.63) is 22.7 Å². The molecule has 1 fully saturated rings. The zero-order chi connectivity index (χ0) is 12.5. The summed E-state index contributed by atoms with van der Waals surface area (Å²) in [5.74, 6) is 1.26. The fourth-order valence-electron chi connectivity index (χ4n) is 1.91. The molecule has 0 N–H and O–H groups in total. The molecule has 0 atom stereocenters. The zero-order valence-electron chi connectivity index (χ0n) is 9.65. The Morgan fingerprint density at radius 2 is 2.12 bits per heavy atom. The van der Waals surface area contributed by atoms with Crippen LogP contribution in [-0.2, 0) is 9.84 Å². The number of benzene rings is 1. The second-order valence-corrected chi connectivity index (χ2v) is 7.26. The third kappa shape index (κ3) is 2.83. The second kappa shape index (κ2) is 4.98. The van der Waals surface area contributed by atoms with E-state index in [9.17, 15) is 8.42 Å². The van der Waals surface area contributed by atoms with Crippen molar-refractivity contribution in [3.8, 4) is 5.75 Å². The fourth-order valence-corrected chi connectivity index (χ4v) is 4.32. The third-order valence-electron chi connectivity index (χ3n) is 3.16. The van der Waals surface area contributed by atoms with Crippen LogP contribution in [0.25, 0.3) is 0 Å². The largest absolute Gasteiger partial charge is 0.496 e. The van der Waals surface area contributed by atoms with Crippen molar-refractivity contribution in [1.82, 2.24) is 0 Å². The van der Waals surface area contributed by atoms with Gasteiger partial charge in [0.1, 0.15) is 5.75 Å². The highest BCUT2D eigenvalue weighted by Crippen LogP contribution is 2.32. The maximum absolute atomic E-state index is 12.1. The van der Waals surface area contributed by atoms with E-state index in [-0.39, 0.29) is 5.75 Å². The standard InChI is InChI=1S/C12H15BrO3S/c1-16-12-6-5-10(7-11(12)13)17(14,15)8-9-3-2-4-9/h5-7,9H,2-4,8H2,1H3. The Bertz CT molecular complexity index is 506. The summed E-state index contributed by atoms with van der Waals surface area (Å²) in [5.41, 5.74) is 0. The van der Waals surface area contributed by atoms with Crippen molar-refractivity contribution < 1.29 is 13.2 Å². The van der Waals surface area contributed by atoms with Crippen molar-refractivity contribution in [2.45, 2.75) is 24.2 Å². The highest BCUT2D eigenvalue weighted by atomic mass is 79.9. The minimum absolute atomic E-state index is 0.270. The van der Waals surface area contributed by atoms with E-state index in [0.29, 0.717) is 21.0 Å². The van der Waals surface area contributed by atoms with Crippen LogP contribution in [0.15, 0.2) is 27.6 Å². The van der Waals surface area contributed by atoms with Crippen LogP contribution in [0.1, 0.15) is 19.3 Å². The average molecular weight is 319 g/mol. The lowest BCUT2D eigenvalue weighted by atomic mass is 9.87. The molecular weight excluding hydrogens is 304 g/mol. The molecule has 0 amide bonds. The lowest BCUT2D eigenvalue weighted by Crippen LogP contribution is -2.22. The molecule has 0 aliphatic heterocycles. The van der Waals surface area contributed by atoms with Crippen LogP contribution >= 0.6 is 15.9 Å². The molecule has 1 aliphatic rings. The van der Waals surface area contributed by atoms with Gasteiger partial charge in [0, 0.05) is 0 Å². The number of hydrogen-bond acceptors (Lipinski definition) is 3. The Morgan fingerprint density at radius 3 is 2.59 bits per heavy atom. The fraction of sp³-hybridized carbons (Fsp3) is 0.500. The van der Waals surface area contributed by atoms with Gasteiger partial charge in [0.2, 0.25) is 0 Å². The Kier molecular flexibility index (Phi) is 3.78. The van der Waals surface area contributed by atoms with Gasteiger partial charge in [0.15, 0.2) is 9.84 Å². The van der Waals surface area contributed by atoms with Crippen LogP contribution in [0.2, 0.25) is 0 Å². The normalized spacial score (nSPS) is 16.6. The second-order valence-electron chi connectivity index (χ2n) is 4.37. The predicted molar refractivity (Wildman–Crippen MR) is 70.1 cm³/mol. The molecule has 0 bridgehead atoms. The molecule has 5 heteroatoms. The SMILES string of the molecule is COc1ccc(S(=O)(=O)CC2CCC2)cc1Br. The first-order valence-electron chi connectivity index (χ1n) is 5.59. The summed E-state index contributed by atoms with van der Waals surface area (Å²) in [6, 6.07) is 4.90. The maximum Gasteiger partial charge on any atom is 0.178 e. The van der Waals surface area contributed by atoms with E-state index in [4.69, 9.17) is 4.74 Å². The number of hydrogen-bond donors (Lipinski definition) is 0. The Hall–Kier alpha value is -0.550. The van der Waals surface area contributed by atoms with Gasteiger partial charge in [0.25, 0.3) is 0 Å². The van der Waals surface area contributed by atoms with Crippen molar-refractivity contribution >= 4 is 25.8 Å². The highest BCUT2D eigenvalue weighted by molar-refractivity contribution is 9.10. The molecular formula is C12H15BrO3S. The van der Waals surface area contributed by atoms with Crippen LogP contribution in [0.4, 0.5) is 0 Å². The van der Waals surface area contributed by atoms with Crippen molar-refractivity contribution in [2.24, 2.45) is 5.92 Å². The third-order valence-corrected chi connectivity index (χ3v) is 5.66. The summed E-state index contributed by atoms with van der Waals surface area (Å²) in [4.78, 5) is 0.372. The number of ether oxygens (including phenoxy) is 1. The lowest BCUT2D eigenvalue weighted by molar-refractivity contribution is 0.347. The van der Waals surface area contributed by atoms with Crippen molar-refractivity contribution in [2.75, 3.05) is 12.9 Å². The van der Waals surface area contributed by atoms with Gasteiger partial charge in [-0.2, -0.15) is 0 Å². The summed E-state index contributed by atoms with van der Waals surface area (Å²) in [7, 11) is -1.60. The topological polar surface area (TPSA) is 43.4 Å². The quantitative estimate of drug-likeness (QED) is 0.857. The molecule has 17 heavy (non-hydrogen) atoms. The van der Waals surface area contributed by atoms with Crippen LogP contribution in [0.3, 0.4) is 0 Å². The molecule has 0 unspecified atom stereocenters. The molecule has 0 aromatic heterocycles. The highest BCUT2D eigenvalue weighted by Gasteiger charge is 2.26. The van der Waals surface area contributed by atoms with Gasteiger partial charge in [-0.05, 0) is 52.9 Å². The van der Waals surface area contributed by atoms with Gasteiger partial charge in [-0.3, -0.25) is 0 Å². The van der Waals surface area contributed by atoms with E-state index in [2.05, 4.69) is 15.9 Å². The molecule has 1 aromatic rings. The number of halogens is 1. The van der Waals surface area contributed by atoms with Crippen LogP contribution in [0.5, 0.6) is 5.75 Å². The predicted octanol–water partition coefficient (Wildman–Crippen LogP) is 3.03. The van der Waals surface area contributed by atoms with Gasteiger partial charge in [-0.15, -0.1) is 0 Å². The molecule has 0 radical (unpaired) electrons. The summed E-state index contributed by atoms with van der Waals surface area (Å²) >= 11 is 3.31. The molecule has 3 nitrogen and oxygen atoms in total. The first-order valence-corrected chi connectivity index (χ1v) is 8.04. The van der Waals surface area contributed by atoms with Gasteiger partial charge < -0.3 is 4.74 Å². The van der Waals surface area contributed by atoms with E-state index < -0.39 is 9.84 Å². The van der Waals surface area contributed by atoms with Gasteiger partial charge in [0.05, 0.1) is 22.2 Å². The molecule has 1 saturated carbocycles. The van der Waals surface area contributed by atoms with Gasteiger partial charge >= 0.3 is 0 Å².